The highest BCUT2D eigenvalue weighted by Gasteiger charge is 2.07. The van der Waals surface area contributed by atoms with Crippen molar-refractivity contribution in [3.63, 3.8) is 0 Å². The lowest BCUT2D eigenvalue weighted by atomic mass is 10.3. The molecule has 0 radical (unpaired) electrons. The minimum atomic E-state index is -0.277. The molecule has 0 aliphatic heterocycles. The number of carbonyl (C=O) groups excluding carboxylic acids is 1. The first-order chi connectivity index (χ1) is 10.8. The fourth-order valence-corrected chi connectivity index (χ4v) is 2.12. The molecule has 2 rings (SSSR count). The lowest BCUT2D eigenvalue weighted by Gasteiger charge is -2.11. The number of carbonyl (C=O) groups is 1. The second-order valence-electron chi connectivity index (χ2n) is 4.85. The monoisotopic (exact) mass is 351 g/mol. The van der Waals surface area contributed by atoms with Crippen molar-refractivity contribution in [2.24, 2.45) is 4.99 Å². The highest BCUT2D eigenvalue weighted by atomic mass is 35.5. The number of hydrogen-bond acceptors (Lipinski definition) is 4. The van der Waals surface area contributed by atoms with Gasteiger partial charge in [-0.1, -0.05) is 23.2 Å². The maximum Gasteiger partial charge on any atom is 0.253 e. The van der Waals surface area contributed by atoms with Crippen molar-refractivity contribution in [3.8, 4) is 0 Å². The molecule has 8 heteroatoms. The van der Waals surface area contributed by atoms with Crippen LogP contribution in [0, 0.1) is 13.8 Å². The van der Waals surface area contributed by atoms with Gasteiger partial charge in [-0.3, -0.25) is 10.1 Å². The average molecular weight is 352 g/mol. The Balaban J connectivity index is 2.33. The average Bonchev–Trinajstić information content (AvgIpc) is 2.41. The summed E-state index contributed by atoms with van der Waals surface area (Å²) in [6, 6.07) is 6.83. The van der Waals surface area contributed by atoms with Gasteiger partial charge in [-0.25, -0.2) is 9.97 Å². The van der Waals surface area contributed by atoms with Crippen molar-refractivity contribution in [1.82, 2.24) is 15.3 Å². The molecule has 0 aliphatic rings. The quantitative estimate of drug-likeness (QED) is 0.639. The van der Waals surface area contributed by atoms with Crippen LogP contribution < -0.4 is 10.6 Å². The van der Waals surface area contributed by atoms with Gasteiger partial charge in [0.15, 0.2) is 0 Å². The first-order valence-electron chi connectivity index (χ1n) is 6.74. The van der Waals surface area contributed by atoms with Crippen molar-refractivity contribution in [2.75, 3.05) is 5.32 Å². The molecular formula is C15H15Cl2N5O. The normalized spacial score (nSPS) is 11.3. The SMILES string of the molecule is CC(=O)N/C(=N\c1nc(C)cc(C)n1)Nc1ccc(Cl)c(Cl)c1. The van der Waals surface area contributed by atoms with Crippen LogP contribution in [0.25, 0.3) is 0 Å². The van der Waals surface area contributed by atoms with Crippen LogP contribution in [-0.2, 0) is 4.79 Å². The molecular weight excluding hydrogens is 337 g/mol. The zero-order valence-electron chi connectivity index (χ0n) is 12.8. The number of aryl methyl sites for hydroxylation is 2. The van der Waals surface area contributed by atoms with Crippen molar-refractivity contribution >= 4 is 46.7 Å². The minimum absolute atomic E-state index is 0.195. The summed E-state index contributed by atoms with van der Waals surface area (Å²) in [5, 5.41) is 6.38. The zero-order valence-corrected chi connectivity index (χ0v) is 14.3. The van der Waals surface area contributed by atoms with Crippen LogP contribution in [0.15, 0.2) is 29.3 Å². The Bertz CT molecular complexity index is 756. The minimum Gasteiger partial charge on any atom is -0.326 e. The Morgan fingerprint density at radius 1 is 1.09 bits per heavy atom. The molecule has 23 heavy (non-hydrogen) atoms. The van der Waals surface area contributed by atoms with Gasteiger partial charge in [0, 0.05) is 24.0 Å². The van der Waals surface area contributed by atoms with Crippen LogP contribution in [0.3, 0.4) is 0 Å². The van der Waals surface area contributed by atoms with Gasteiger partial charge in [-0.2, -0.15) is 4.99 Å². The van der Waals surface area contributed by atoms with Crippen molar-refractivity contribution in [3.05, 3.63) is 45.7 Å². The van der Waals surface area contributed by atoms with E-state index in [-0.39, 0.29) is 17.8 Å². The molecule has 0 saturated carbocycles. The first kappa shape index (κ1) is 17.2. The molecule has 0 spiro atoms. The molecule has 0 fully saturated rings. The summed E-state index contributed by atoms with van der Waals surface area (Å²) in [6.45, 7) is 5.07. The molecule has 6 nitrogen and oxygen atoms in total. The largest absolute Gasteiger partial charge is 0.326 e. The molecule has 1 heterocycles. The molecule has 0 saturated heterocycles. The lowest BCUT2D eigenvalue weighted by Crippen LogP contribution is -2.34. The van der Waals surface area contributed by atoms with Crippen LogP contribution in [0.2, 0.25) is 10.0 Å². The van der Waals surface area contributed by atoms with E-state index in [2.05, 4.69) is 25.6 Å². The number of hydrogen-bond donors (Lipinski definition) is 2. The Labute approximate surface area is 144 Å². The summed E-state index contributed by atoms with van der Waals surface area (Å²) in [5.41, 5.74) is 2.19. The highest BCUT2D eigenvalue weighted by Crippen LogP contribution is 2.25. The molecule has 2 aromatic rings. The molecule has 1 amide bonds. The molecule has 120 valence electrons. The Morgan fingerprint density at radius 2 is 1.74 bits per heavy atom. The van der Waals surface area contributed by atoms with E-state index in [1.807, 2.05) is 19.9 Å². The number of aromatic nitrogens is 2. The van der Waals surface area contributed by atoms with Crippen molar-refractivity contribution < 1.29 is 4.79 Å². The third kappa shape index (κ3) is 5.19. The number of benzene rings is 1. The van der Waals surface area contributed by atoms with Crippen molar-refractivity contribution in [1.29, 1.82) is 0 Å². The molecule has 0 atom stereocenters. The van der Waals surface area contributed by atoms with Gasteiger partial charge in [0.25, 0.3) is 5.95 Å². The maximum atomic E-state index is 11.4. The highest BCUT2D eigenvalue weighted by molar-refractivity contribution is 6.42. The Kier molecular flexibility index (Phi) is 5.52. The Morgan fingerprint density at radius 3 is 2.30 bits per heavy atom. The summed E-state index contributed by atoms with van der Waals surface area (Å²) in [5.74, 6) is 0.167. The van der Waals surface area contributed by atoms with Gasteiger partial charge in [0.2, 0.25) is 11.9 Å². The number of rotatable bonds is 2. The summed E-state index contributed by atoms with van der Waals surface area (Å²) < 4.78 is 0. The number of halogens is 2. The first-order valence-corrected chi connectivity index (χ1v) is 7.50. The van der Waals surface area contributed by atoms with Crippen molar-refractivity contribution in [2.45, 2.75) is 20.8 Å². The van der Waals surface area contributed by atoms with Crippen LogP contribution in [0.1, 0.15) is 18.3 Å². The summed E-state index contributed by atoms with van der Waals surface area (Å²) in [6.07, 6.45) is 0. The summed E-state index contributed by atoms with van der Waals surface area (Å²) in [4.78, 5) is 24.0. The van der Waals surface area contributed by atoms with E-state index in [1.165, 1.54) is 6.92 Å². The fourth-order valence-electron chi connectivity index (χ4n) is 1.82. The topological polar surface area (TPSA) is 79.3 Å². The molecule has 0 unspecified atom stereocenters. The van der Waals surface area contributed by atoms with Crippen LogP contribution in [0.4, 0.5) is 11.6 Å². The van der Waals surface area contributed by atoms with Gasteiger partial charge >= 0.3 is 0 Å². The number of aliphatic imine (C=N–C) groups is 1. The smallest absolute Gasteiger partial charge is 0.253 e. The maximum absolute atomic E-state index is 11.4. The van der Waals surface area contributed by atoms with E-state index in [9.17, 15) is 4.79 Å². The third-order valence-electron chi connectivity index (χ3n) is 2.66. The standard InChI is InChI=1S/C15H15Cl2N5O/c1-8-6-9(2)19-14(18-8)22-15(20-10(3)23)21-11-4-5-12(16)13(17)7-11/h4-7H,1-3H3,(H2,18,19,20,21,22,23). The van der Waals surface area contributed by atoms with Gasteiger partial charge < -0.3 is 5.32 Å². The predicted molar refractivity (Wildman–Crippen MR) is 92.5 cm³/mol. The van der Waals surface area contributed by atoms with Gasteiger partial charge in [-0.15, -0.1) is 0 Å². The third-order valence-corrected chi connectivity index (χ3v) is 3.40. The second kappa shape index (κ2) is 7.39. The number of amides is 1. The van der Waals surface area contributed by atoms with E-state index in [0.717, 1.165) is 11.4 Å². The van der Waals surface area contributed by atoms with E-state index in [4.69, 9.17) is 23.2 Å². The van der Waals surface area contributed by atoms with E-state index < -0.39 is 0 Å². The van der Waals surface area contributed by atoms with E-state index >= 15 is 0 Å². The van der Waals surface area contributed by atoms with E-state index in [0.29, 0.717) is 15.7 Å². The number of guanidine groups is 1. The summed E-state index contributed by atoms with van der Waals surface area (Å²) >= 11 is 11.9. The van der Waals surface area contributed by atoms with E-state index in [1.54, 1.807) is 18.2 Å². The predicted octanol–water partition coefficient (Wildman–Crippen LogP) is 3.64. The Hall–Kier alpha value is -2.18. The van der Waals surface area contributed by atoms with Crippen LogP contribution in [0.5, 0.6) is 0 Å². The molecule has 0 aliphatic carbocycles. The molecule has 2 N–H and O–H groups in total. The number of nitrogens with one attached hydrogen (secondary N) is 2. The second-order valence-corrected chi connectivity index (χ2v) is 5.66. The molecule has 1 aromatic heterocycles. The van der Waals surface area contributed by atoms with Crippen LogP contribution in [-0.4, -0.2) is 21.8 Å². The lowest BCUT2D eigenvalue weighted by molar-refractivity contribution is -0.117. The molecule has 0 bridgehead atoms. The number of anilines is 1. The molecule has 1 aromatic carbocycles. The summed E-state index contributed by atoms with van der Waals surface area (Å²) in [7, 11) is 0. The zero-order chi connectivity index (χ0) is 17.0. The van der Waals surface area contributed by atoms with Gasteiger partial charge in [0.05, 0.1) is 10.0 Å². The number of nitrogens with zero attached hydrogens (tertiary/aromatic N) is 3. The fraction of sp³-hybridized carbons (Fsp3) is 0.200. The van der Waals surface area contributed by atoms with Gasteiger partial charge in [-0.05, 0) is 38.1 Å². The van der Waals surface area contributed by atoms with Crippen LogP contribution >= 0.6 is 23.2 Å². The van der Waals surface area contributed by atoms with Gasteiger partial charge in [0.1, 0.15) is 0 Å².